The van der Waals surface area contributed by atoms with Crippen LogP contribution in [0.3, 0.4) is 0 Å². The number of carbonyl (C=O) groups is 1. The van der Waals surface area contributed by atoms with Crippen LogP contribution in [0.1, 0.15) is 11.1 Å². The van der Waals surface area contributed by atoms with E-state index in [1.54, 1.807) is 18.2 Å². The Morgan fingerprint density at radius 2 is 2.04 bits per heavy atom. The Morgan fingerprint density at radius 1 is 1.24 bits per heavy atom. The number of carbonyl (C=O) groups excluding carboxylic acids is 1. The fourth-order valence-electron chi connectivity index (χ4n) is 3.83. The van der Waals surface area contributed by atoms with E-state index in [2.05, 4.69) is 11.4 Å². The quantitative estimate of drug-likeness (QED) is 0.858. The van der Waals surface area contributed by atoms with Crippen molar-refractivity contribution in [3.63, 3.8) is 0 Å². The molecule has 5 nitrogen and oxygen atoms in total. The number of hydrogen-bond donors (Lipinski definition) is 1. The maximum atomic E-state index is 12.8. The Labute approximate surface area is 150 Å². The lowest BCUT2D eigenvalue weighted by Gasteiger charge is -2.25. The number of nitrogens with zero attached hydrogens (tertiary/aromatic N) is 3. The van der Waals surface area contributed by atoms with Crippen molar-refractivity contribution in [2.45, 2.75) is 5.41 Å². The summed E-state index contributed by atoms with van der Waals surface area (Å²) in [6.07, 6.45) is 0. The van der Waals surface area contributed by atoms with Crippen LogP contribution >= 0.6 is 11.6 Å². The molecule has 0 bridgehead atoms. The third kappa shape index (κ3) is 2.10. The summed E-state index contributed by atoms with van der Waals surface area (Å²) in [4.78, 5) is 14.8. The van der Waals surface area contributed by atoms with Crippen molar-refractivity contribution < 1.29 is 4.79 Å². The molecule has 122 valence electrons. The second kappa shape index (κ2) is 5.51. The van der Waals surface area contributed by atoms with Gasteiger partial charge in [0.15, 0.2) is 0 Å². The molecule has 0 unspecified atom stereocenters. The van der Waals surface area contributed by atoms with Crippen molar-refractivity contribution in [3.8, 4) is 12.1 Å². The maximum absolute atomic E-state index is 12.8. The first-order valence-electron chi connectivity index (χ1n) is 7.85. The van der Waals surface area contributed by atoms with Gasteiger partial charge in [-0.1, -0.05) is 29.8 Å². The third-order valence-electron chi connectivity index (χ3n) is 5.09. The molecule has 25 heavy (non-hydrogen) atoms. The van der Waals surface area contributed by atoms with E-state index in [9.17, 15) is 10.1 Å². The Bertz CT molecular complexity index is 974. The lowest BCUT2D eigenvalue weighted by molar-refractivity contribution is -0.120. The number of hydrogen-bond acceptors (Lipinski definition) is 4. The van der Waals surface area contributed by atoms with Crippen LogP contribution < -0.4 is 10.2 Å². The van der Waals surface area contributed by atoms with Gasteiger partial charge in [0.1, 0.15) is 11.5 Å². The monoisotopic (exact) mass is 348 g/mol. The van der Waals surface area contributed by atoms with Crippen LogP contribution in [-0.2, 0) is 10.2 Å². The molecule has 4 rings (SSSR count). The normalized spacial score (nSPS) is 23.9. The molecule has 1 saturated heterocycles. The van der Waals surface area contributed by atoms with Crippen LogP contribution in [0.15, 0.2) is 42.5 Å². The lowest BCUT2D eigenvalue weighted by atomic mass is 9.74. The first-order valence-corrected chi connectivity index (χ1v) is 8.23. The molecular weight excluding hydrogens is 336 g/mol. The van der Waals surface area contributed by atoms with Gasteiger partial charge in [-0.3, -0.25) is 4.79 Å². The molecule has 2 atom stereocenters. The SMILES string of the molecule is N#Cc1ccc(N2C[C@@H](C#N)[C@@]3(C2)C(=O)Nc2ccccc23)cc1Cl. The van der Waals surface area contributed by atoms with Crippen molar-refractivity contribution in [2.24, 2.45) is 5.92 Å². The molecule has 2 aromatic carbocycles. The molecule has 0 saturated carbocycles. The molecule has 1 fully saturated rings. The summed E-state index contributed by atoms with van der Waals surface area (Å²) in [5.74, 6) is -0.604. The zero-order chi connectivity index (χ0) is 17.6. The van der Waals surface area contributed by atoms with Crippen LogP contribution in [0.25, 0.3) is 0 Å². The van der Waals surface area contributed by atoms with E-state index in [1.165, 1.54) is 0 Å². The van der Waals surface area contributed by atoms with E-state index in [0.717, 1.165) is 16.9 Å². The average molecular weight is 349 g/mol. The first kappa shape index (κ1) is 15.5. The molecule has 6 heteroatoms. The Morgan fingerprint density at radius 3 is 2.76 bits per heavy atom. The van der Waals surface area contributed by atoms with Gasteiger partial charge in [-0.2, -0.15) is 10.5 Å². The minimum absolute atomic E-state index is 0.137. The summed E-state index contributed by atoms with van der Waals surface area (Å²) in [6.45, 7) is 0.830. The van der Waals surface area contributed by atoms with Crippen LogP contribution in [0.4, 0.5) is 11.4 Å². The Hall–Kier alpha value is -3.02. The number of rotatable bonds is 1. The summed E-state index contributed by atoms with van der Waals surface area (Å²) in [5.41, 5.74) is 1.96. The summed E-state index contributed by atoms with van der Waals surface area (Å²) in [5, 5.41) is 22.0. The molecule has 2 aliphatic rings. The standard InChI is InChI=1S/C19H13ClN4O/c20-16-7-14(6-5-12(16)8-21)24-10-13(9-22)19(11-24)15-3-1-2-4-17(15)23-18(19)25/h1-7,13H,10-11H2,(H,23,25)/t13-,19-/m1/s1. The second-order valence-corrected chi connectivity index (χ2v) is 6.72. The van der Waals surface area contributed by atoms with Crippen LogP contribution in [-0.4, -0.2) is 19.0 Å². The highest BCUT2D eigenvalue weighted by Crippen LogP contribution is 2.48. The van der Waals surface area contributed by atoms with Gasteiger partial charge in [0.2, 0.25) is 5.91 Å². The van der Waals surface area contributed by atoms with Crippen LogP contribution in [0.2, 0.25) is 5.02 Å². The Kier molecular flexibility index (Phi) is 3.42. The molecule has 1 spiro atoms. The molecule has 1 amide bonds. The van der Waals surface area contributed by atoms with Crippen molar-refractivity contribution in [1.82, 2.24) is 0 Å². The van der Waals surface area contributed by atoms with Crippen molar-refractivity contribution >= 4 is 28.9 Å². The van der Waals surface area contributed by atoms with Gasteiger partial charge in [-0.15, -0.1) is 0 Å². The van der Waals surface area contributed by atoms with Gasteiger partial charge in [-0.25, -0.2) is 0 Å². The predicted molar refractivity (Wildman–Crippen MR) is 94.2 cm³/mol. The number of anilines is 2. The van der Waals surface area contributed by atoms with Gasteiger partial charge in [-0.05, 0) is 29.8 Å². The summed E-state index contributed by atoms with van der Waals surface area (Å²) >= 11 is 6.15. The highest BCUT2D eigenvalue weighted by Gasteiger charge is 2.57. The number of nitriles is 2. The maximum Gasteiger partial charge on any atom is 0.238 e. The summed E-state index contributed by atoms with van der Waals surface area (Å²) in [6, 6.07) is 17.0. The van der Waals surface area contributed by atoms with Crippen molar-refractivity contribution in [1.29, 1.82) is 10.5 Å². The van der Waals surface area contributed by atoms with E-state index in [-0.39, 0.29) is 5.91 Å². The zero-order valence-electron chi connectivity index (χ0n) is 13.2. The number of amides is 1. The van der Waals surface area contributed by atoms with Gasteiger partial charge in [0, 0.05) is 24.5 Å². The molecule has 1 N–H and O–H groups in total. The second-order valence-electron chi connectivity index (χ2n) is 6.31. The topological polar surface area (TPSA) is 79.9 Å². The van der Waals surface area contributed by atoms with Crippen molar-refractivity contribution in [3.05, 3.63) is 58.6 Å². The van der Waals surface area contributed by atoms with Gasteiger partial charge in [0.05, 0.1) is 22.6 Å². The highest BCUT2D eigenvalue weighted by atomic mass is 35.5. The van der Waals surface area contributed by atoms with E-state index in [4.69, 9.17) is 16.9 Å². The minimum Gasteiger partial charge on any atom is -0.369 e. The van der Waals surface area contributed by atoms with E-state index in [1.807, 2.05) is 35.2 Å². The fourth-order valence-corrected chi connectivity index (χ4v) is 4.05. The number of fused-ring (bicyclic) bond motifs is 2. The molecule has 2 aromatic rings. The zero-order valence-corrected chi connectivity index (χ0v) is 13.9. The van der Waals surface area contributed by atoms with Gasteiger partial charge in [0.25, 0.3) is 0 Å². The van der Waals surface area contributed by atoms with Gasteiger partial charge >= 0.3 is 0 Å². The highest BCUT2D eigenvalue weighted by molar-refractivity contribution is 6.32. The van der Waals surface area contributed by atoms with E-state index in [0.29, 0.717) is 23.7 Å². The lowest BCUT2D eigenvalue weighted by Crippen LogP contribution is -2.41. The first-order chi connectivity index (χ1) is 12.1. The molecular formula is C19H13ClN4O. The van der Waals surface area contributed by atoms with Crippen molar-refractivity contribution in [2.75, 3.05) is 23.3 Å². The predicted octanol–water partition coefficient (Wildman–Crippen LogP) is 3.06. The smallest absolute Gasteiger partial charge is 0.238 e. The number of nitrogens with one attached hydrogen (secondary N) is 1. The largest absolute Gasteiger partial charge is 0.369 e. The van der Waals surface area contributed by atoms with Crippen LogP contribution in [0, 0.1) is 28.6 Å². The molecule has 0 aliphatic carbocycles. The van der Waals surface area contributed by atoms with E-state index < -0.39 is 11.3 Å². The van der Waals surface area contributed by atoms with Gasteiger partial charge < -0.3 is 10.2 Å². The average Bonchev–Trinajstić information content (AvgIpc) is 3.15. The number of para-hydroxylation sites is 1. The summed E-state index contributed by atoms with van der Waals surface area (Å²) in [7, 11) is 0. The molecule has 2 aliphatic heterocycles. The number of halogens is 1. The molecule has 0 radical (unpaired) electrons. The fraction of sp³-hybridized carbons (Fsp3) is 0.211. The number of benzene rings is 2. The molecule has 0 aromatic heterocycles. The summed E-state index contributed by atoms with van der Waals surface area (Å²) < 4.78 is 0. The minimum atomic E-state index is -0.883. The molecule has 2 heterocycles. The van der Waals surface area contributed by atoms with Crippen LogP contribution in [0.5, 0.6) is 0 Å². The Balaban J connectivity index is 1.78. The van der Waals surface area contributed by atoms with E-state index >= 15 is 0 Å². The third-order valence-corrected chi connectivity index (χ3v) is 5.41.